The van der Waals surface area contributed by atoms with Crippen LogP contribution >= 0.6 is 27.5 Å². The minimum atomic E-state index is -0.407. The van der Waals surface area contributed by atoms with Gasteiger partial charge in [0, 0.05) is 15.7 Å². The number of quaternary nitrogens is 1. The summed E-state index contributed by atoms with van der Waals surface area (Å²) < 4.78 is 12.0. The quantitative estimate of drug-likeness (QED) is 0.455. The summed E-state index contributed by atoms with van der Waals surface area (Å²) in [7, 11) is 3.54. The highest BCUT2D eigenvalue weighted by atomic mass is 79.9. The van der Waals surface area contributed by atoms with Crippen LogP contribution in [0.2, 0.25) is 5.02 Å². The number of benzene rings is 3. The van der Waals surface area contributed by atoms with Crippen LogP contribution in [0.1, 0.15) is 11.6 Å². The van der Waals surface area contributed by atoms with Gasteiger partial charge in [-0.15, -0.1) is 0 Å². The molecule has 0 heterocycles. The van der Waals surface area contributed by atoms with Crippen LogP contribution in [0.15, 0.2) is 77.3 Å². The van der Waals surface area contributed by atoms with Crippen molar-refractivity contribution in [3.63, 3.8) is 0 Å². The number of nitrogens with one attached hydrogen (secondary N) is 2. The molecule has 2 atom stereocenters. The molecule has 0 fully saturated rings. The Morgan fingerprint density at radius 1 is 1.10 bits per heavy atom. The van der Waals surface area contributed by atoms with Crippen molar-refractivity contribution in [2.75, 3.05) is 32.6 Å². The van der Waals surface area contributed by atoms with Crippen LogP contribution in [-0.2, 0) is 4.79 Å². The fourth-order valence-electron chi connectivity index (χ4n) is 3.27. The number of likely N-dealkylation sites (N-methyl/N-ethyl adjacent to an activating group) is 1. The van der Waals surface area contributed by atoms with Crippen molar-refractivity contribution in [2.45, 2.75) is 6.04 Å². The van der Waals surface area contributed by atoms with Crippen molar-refractivity contribution >= 4 is 39.1 Å². The number of ether oxygens (including phenoxy) is 2. The van der Waals surface area contributed by atoms with Gasteiger partial charge in [-0.2, -0.15) is 0 Å². The van der Waals surface area contributed by atoms with Gasteiger partial charge >= 0.3 is 0 Å². The van der Waals surface area contributed by atoms with Crippen LogP contribution in [0.4, 0.5) is 5.69 Å². The van der Waals surface area contributed by atoms with Gasteiger partial charge in [0.05, 0.1) is 19.2 Å². The second-order valence-electron chi connectivity index (χ2n) is 7.08. The van der Waals surface area contributed by atoms with E-state index < -0.39 is 6.04 Å². The first-order chi connectivity index (χ1) is 15.0. The van der Waals surface area contributed by atoms with Gasteiger partial charge in [0.2, 0.25) is 0 Å². The molecule has 0 aliphatic rings. The SMILES string of the molecule is COc1ccc(NC(=O)[C@H](c2ccccc2)[NH+](C)CCOc2ccc(Br)cc2)cc1Cl. The molecule has 31 heavy (non-hydrogen) atoms. The third kappa shape index (κ3) is 6.47. The van der Waals surface area contributed by atoms with Crippen molar-refractivity contribution in [1.82, 2.24) is 0 Å². The third-order valence-corrected chi connectivity index (χ3v) is 5.71. The van der Waals surface area contributed by atoms with Crippen molar-refractivity contribution in [3.05, 3.63) is 87.9 Å². The van der Waals surface area contributed by atoms with E-state index in [-0.39, 0.29) is 5.91 Å². The first kappa shape index (κ1) is 23.1. The smallest absolute Gasteiger partial charge is 0.287 e. The van der Waals surface area contributed by atoms with E-state index in [4.69, 9.17) is 21.1 Å². The fraction of sp³-hybridized carbons (Fsp3) is 0.208. The van der Waals surface area contributed by atoms with E-state index in [1.54, 1.807) is 25.3 Å². The second kappa shape index (κ2) is 11.2. The van der Waals surface area contributed by atoms with E-state index in [2.05, 4.69) is 21.2 Å². The highest BCUT2D eigenvalue weighted by Gasteiger charge is 2.29. The zero-order valence-electron chi connectivity index (χ0n) is 17.4. The van der Waals surface area contributed by atoms with E-state index in [0.29, 0.717) is 29.6 Å². The Hall–Kier alpha value is -2.54. The average molecular weight is 505 g/mol. The van der Waals surface area contributed by atoms with Crippen LogP contribution in [-0.4, -0.2) is 33.2 Å². The maximum absolute atomic E-state index is 13.2. The van der Waals surface area contributed by atoms with Crippen LogP contribution in [0.25, 0.3) is 0 Å². The molecule has 0 saturated carbocycles. The Kier molecular flexibility index (Phi) is 8.35. The predicted molar refractivity (Wildman–Crippen MR) is 127 cm³/mol. The molecule has 0 saturated heterocycles. The van der Waals surface area contributed by atoms with Crippen LogP contribution in [0.5, 0.6) is 11.5 Å². The van der Waals surface area contributed by atoms with E-state index in [9.17, 15) is 4.79 Å². The molecule has 162 valence electrons. The zero-order chi connectivity index (χ0) is 22.2. The van der Waals surface area contributed by atoms with Crippen molar-refractivity contribution in [1.29, 1.82) is 0 Å². The van der Waals surface area contributed by atoms with E-state index >= 15 is 0 Å². The molecule has 0 aliphatic heterocycles. The van der Waals surface area contributed by atoms with Gasteiger partial charge in [-0.25, -0.2) is 0 Å². The number of hydrogen-bond acceptors (Lipinski definition) is 3. The van der Waals surface area contributed by atoms with Gasteiger partial charge < -0.3 is 19.7 Å². The minimum Gasteiger partial charge on any atom is -0.495 e. The monoisotopic (exact) mass is 503 g/mol. The standard InChI is InChI=1S/C24H24BrClN2O3/c1-28(14-15-31-20-11-8-18(25)9-12-20)23(17-6-4-3-5-7-17)24(29)27-19-10-13-22(30-2)21(26)16-19/h3-13,16,23H,14-15H2,1-2H3,(H,27,29)/p+1/t23-/m0/s1. The number of halogens is 2. The van der Waals surface area contributed by atoms with Gasteiger partial charge in [0.1, 0.15) is 24.7 Å². The highest BCUT2D eigenvalue weighted by molar-refractivity contribution is 9.10. The Labute approximate surface area is 196 Å². The first-order valence-electron chi connectivity index (χ1n) is 9.88. The van der Waals surface area contributed by atoms with E-state index in [1.807, 2.05) is 61.6 Å². The predicted octanol–water partition coefficient (Wildman–Crippen LogP) is 4.38. The normalized spacial score (nSPS) is 12.6. The number of amides is 1. The zero-order valence-corrected chi connectivity index (χ0v) is 19.7. The van der Waals surface area contributed by atoms with Gasteiger partial charge in [-0.1, -0.05) is 57.9 Å². The first-order valence-corrected chi connectivity index (χ1v) is 11.0. The van der Waals surface area contributed by atoms with Crippen LogP contribution < -0.4 is 19.7 Å². The Balaban J connectivity index is 1.70. The summed E-state index contributed by atoms with van der Waals surface area (Å²) in [6.07, 6.45) is 0. The summed E-state index contributed by atoms with van der Waals surface area (Å²) in [5.41, 5.74) is 1.55. The van der Waals surface area contributed by atoms with E-state index in [0.717, 1.165) is 20.7 Å². The highest BCUT2D eigenvalue weighted by Crippen LogP contribution is 2.27. The molecule has 7 heteroatoms. The molecule has 0 aromatic heterocycles. The summed E-state index contributed by atoms with van der Waals surface area (Å²) in [5.74, 6) is 1.24. The minimum absolute atomic E-state index is 0.117. The largest absolute Gasteiger partial charge is 0.495 e. The Morgan fingerprint density at radius 2 is 1.81 bits per heavy atom. The molecular formula is C24H25BrClN2O3+. The molecule has 3 aromatic rings. The van der Waals surface area contributed by atoms with Crippen LogP contribution in [0.3, 0.4) is 0 Å². The fourth-order valence-corrected chi connectivity index (χ4v) is 3.79. The maximum Gasteiger partial charge on any atom is 0.287 e. The van der Waals surface area contributed by atoms with Crippen LogP contribution in [0, 0.1) is 0 Å². The maximum atomic E-state index is 13.2. The molecule has 1 amide bonds. The molecule has 3 aromatic carbocycles. The summed E-state index contributed by atoms with van der Waals surface area (Å²) >= 11 is 9.63. The molecule has 5 nitrogen and oxygen atoms in total. The summed E-state index contributed by atoms with van der Waals surface area (Å²) in [4.78, 5) is 14.3. The lowest BCUT2D eigenvalue weighted by molar-refractivity contribution is -0.902. The lowest BCUT2D eigenvalue weighted by Gasteiger charge is -2.25. The van der Waals surface area contributed by atoms with Crippen molar-refractivity contribution in [2.24, 2.45) is 0 Å². The van der Waals surface area contributed by atoms with Crippen molar-refractivity contribution in [3.8, 4) is 11.5 Å². The van der Waals surface area contributed by atoms with E-state index in [1.165, 1.54) is 0 Å². The number of methoxy groups -OCH3 is 1. The lowest BCUT2D eigenvalue weighted by atomic mass is 10.0. The average Bonchev–Trinajstić information content (AvgIpc) is 2.76. The van der Waals surface area contributed by atoms with Gasteiger partial charge in [-0.3, -0.25) is 4.79 Å². The van der Waals surface area contributed by atoms with Gasteiger partial charge in [0.25, 0.3) is 5.91 Å². The Bertz CT molecular complexity index is 999. The lowest BCUT2D eigenvalue weighted by Crippen LogP contribution is -3.11. The number of carbonyl (C=O) groups excluding carboxylic acids is 1. The van der Waals surface area contributed by atoms with Crippen molar-refractivity contribution < 1.29 is 19.2 Å². The van der Waals surface area contributed by atoms with Gasteiger partial charge in [0.15, 0.2) is 6.04 Å². The number of hydrogen-bond donors (Lipinski definition) is 2. The Morgan fingerprint density at radius 3 is 2.45 bits per heavy atom. The summed E-state index contributed by atoms with van der Waals surface area (Å²) in [6.45, 7) is 1.13. The molecular weight excluding hydrogens is 480 g/mol. The molecule has 0 spiro atoms. The molecule has 0 bridgehead atoms. The third-order valence-electron chi connectivity index (χ3n) is 4.89. The second-order valence-corrected chi connectivity index (χ2v) is 8.40. The number of carbonyl (C=O) groups is 1. The summed E-state index contributed by atoms with van der Waals surface area (Å²) in [6, 6.07) is 22.2. The molecule has 2 N–H and O–H groups in total. The molecule has 1 unspecified atom stereocenters. The molecule has 0 radical (unpaired) electrons. The summed E-state index contributed by atoms with van der Waals surface area (Å²) in [5, 5.41) is 3.43. The number of anilines is 1. The number of rotatable bonds is 9. The molecule has 0 aliphatic carbocycles. The topological polar surface area (TPSA) is 52.0 Å². The molecule has 3 rings (SSSR count). The van der Waals surface area contributed by atoms with Gasteiger partial charge in [-0.05, 0) is 42.5 Å².